The molecule has 0 aromatic heterocycles. The van der Waals surface area contributed by atoms with Gasteiger partial charge in [-0.3, -0.25) is 0 Å². The van der Waals surface area contributed by atoms with Crippen LogP contribution >= 0.6 is 0 Å². The van der Waals surface area contributed by atoms with Gasteiger partial charge < -0.3 is 5.73 Å². The molecule has 0 heterocycles. The second-order valence-corrected chi connectivity index (χ2v) is 4.32. The lowest BCUT2D eigenvalue weighted by Gasteiger charge is -2.25. The highest BCUT2D eigenvalue weighted by Crippen LogP contribution is 2.24. The van der Waals surface area contributed by atoms with Gasteiger partial charge in [-0.15, -0.1) is 0 Å². The monoisotopic (exact) mass is 167 g/mol. The molecule has 0 saturated carbocycles. The molecule has 0 aromatic carbocycles. The minimum atomic E-state index is 0.371. The Bertz CT molecular complexity index is 144. The highest BCUT2D eigenvalue weighted by Gasteiger charge is 2.17. The van der Waals surface area contributed by atoms with Crippen LogP contribution < -0.4 is 5.73 Å². The minimum Gasteiger partial charge on any atom is -0.327 e. The van der Waals surface area contributed by atoms with Crippen molar-refractivity contribution in [1.82, 2.24) is 0 Å². The van der Waals surface area contributed by atoms with E-state index in [2.05, 4.69) is 32.9 Å². The fourth-order valence-corrected chi connectivity index (χ4v) is 1.66. The molecule has 0 aromatic rings. The molecule has 2 N–H and O–H groups in total. The maximum absolute atomic E-state index is 6.00. The second-order valence-electron chi connectivity index (χ2n) is 4.32. The number of hydrogen-bond donors (Lipinski definition) is 1. The van der Waals surface area contributed by atoms with Crippen LogP contribution in [0.1, 0.15) is 33.6 Å². The van der Waals surface area contributed by atoms with Gasteiger partial charge in [-0.05, 0) is 30.6 Å². The third-order valence-corrected chi connectivity index (χ3v) is 3.25. The zero-order chi connectivity index (χ0) is 9.14. The smallest absolute Gasteiger partial charge is 0.00993 e. The summed E-state index contributed by atoms with van der Waals surface area (Å²) in [6, 6.07) is 0.371. The molecular formula is C11H21N. The van der Waals surface area contributed by atoms with Gasteiger partial charge in [-0.1, -0.05) is 32.9 Å². The molecule has 4 atom stereocenters. The van der Waals surface area contributed by atoms with Gasteiger partial charge in [-0.2, -0.15) is 0 Å². The van der Waals surface area contributed by atoms with Crippen molar-refractivity contribution >= 4 is 0 Å². The Kier molecular flexibility index (Phi) is 3.33. The Morgan fingerprint density at radius 1 is 1.00 bits per heavy atom. The number of nitrogens with two attached hydrogens (primary N) is 1. The summed E-state index contributed by atoms with van der Waals surface area (Å²) in [5.74, 6) is 2.07. The molecule has 0 fully saturated rings. The van der Waals surface area contributed by atoms with Crippen molar-refractivity contribution in [2.45, 2.75) is 39.7 Å². The van der Waals surface area contributed by atoms with Gasteiger partial charge in [-0.25, -0.2) is 0 Å². The fraction of sp³-hybridized carbons (Fsp3) is 0.818. The molecule has 1 heteroatoms. The molecule has 1 aliphatic rings. The van der Waals surface area contributed by atoms with Crippen LogP contribution in [0.25, 0.3) is 0 Å². The van der Waals surface area contributed by atoms with Crippen molar-refractivity contribution in [2.75, 3.05) is 0 Å². The first kappa shape index (κ1) is 9.79. The molecule has 0 spiro atoms. The predicted octanol–water partition coefficient (Wildman–Crippen LogP) is 2.57. The van der Waals surface area contributed by atoms with E-state index in [0.717, 1.165) is 11.8 Å². The molecule has 1 aliphatic carbocycles. The Morgan fingerprint density at radius 3 is 2.25 bits per heavy atom. The molecule has 70 valence electrons. The number of allylic oxidation sites excluding steroid dienone is 1. The largest absolute Gasteiger partial charge is 0.327 e. The summed E-state index contributed by atoms with van der Waals surface area (Å²) in [5.41, 5.74) is 6.00. The zero-order valence-corrected chi connectivity index (χ0v) is 8.46. The van der Waals surface area contributed by atoms with Crippen molar-refractivity contribution in [3.05, 3.63) is 12.2 Å². The molecule has 1 nitrogen and oxygen atoms in total. The third kappa shape index (κ3) is 2.34. The van der Waals surface area contributed by atoms with E-state index < -0.39 is 0 Å². The predicted molar refractivity (Wildman–Crippen MR) is 53.8 cm³/mol. The van der Waals surface area contributed by atoms with Gasteiger partial charge >= 0.3 is 0 Å². The van der Waals surface area contributed by atoms with Crippen molar-refractivity contribution < 1.29 is 0 Å². The molecule has 0 bridgehead atoms. The molecule has 1 rings (SSSR count). The van der Waals surface area contributed by atoms with E-state index in [1.54, 1.807) is 0 Å². The maximum atomic E-state index is 6.00. The van der Waals surface area contributed by atoms with Crippen molar-refractivity contribution in [2.24, 2.45) is 23.5 Å². The Labute approximate surface area is 76.0 Å². The van der Waals surface area contributed by atoms with Crippen LogP contribution in [0.4, 0.5) is 0 Å². The van der Waals surface area contributed by atoms with Gasteiger partial charge in [0.25, 0.3) is 0 Å². The fourth-order valence-electron chi connectivity index (χ4n) is 1.66. The molecule has 0 saturated heterocycles. The SMILES string of the molecule is CC1/C=C\C(C)[C@H](N)CCC1C. The van der Waals surface area contributed by atoms with Gasteiger partial charge in [0.05, 0.1) is 0 Å². The lowest BCUT2D eigenvalue weighted by atomic mass is 9.83. The van der Waals surface area contributed by atoms with Gasteiger partial charge in [0, 0.05) is 6.04 Å². The number of rotatable bonds is 0. The van der Waals surface area contributed by atoms with Crippen molar-refractivity contribution in [3.8, 4) is 0 Å². The highest BCUT2D eigenvalue weighted by molar-refractivity contribution is 4.97. The van der Waals surface area contributed by atoms with Crippen LogP contribution in [0.15, 0.2) is 12.2 Å². The van der Waals surface area contributed by atoms with Crippen LogP contribution in [-0.2, 0) is 0 Å². The van der Waals surface area contributed by atoms with E-state index in [1.165, 1.54) is 12.8 Å². The topological polar surface area (TPSA) is 26.0 Å². The van der Waals surface area contributed by atoms with Crippen molar-refractivity contribution in [1.29, 1.82) is 0 Å². The van der Waals surface area contributed by atoms with Crippen LogP contribution in [-0.4, -0.2) is 6.04 Å². The van der Waals surface area contributed by atoms with Crippen LogP contribution in [0.3, 0.4) is 0 Å². The Morgan fingerprint density at radius 2 is 1.58 bits per heavy atom. The first-order valence-electron chi connectivity index (χ1n) is 5.05. The quantitative estimate of drug-likeness (QED) is 0.551. The lowest BCUT2D eigenvalue weighted by molar-refractivity contribution is 0.359. The van der Waals surface area contributed by atoms with E-state index >= 15 is 0 Å². The van der Waals surface area contributed by atoms with Gasteiger partial charge in [0.1, 0.15) is 0 Å². The summed E-state index contributed by atoms with van der Waals surface area (Å²) in [4.78, 5) is 0. The third-order valence-electron chi connectivity index (χ3n) is 3.25. The zero-order valence-electron chi connectivity index (χ0n) is 8.46. The average molecular weight is 167 g/mol. The van der Waals surface area contributed by atoms with E-state index in [9.17, 15) is 0 Å². The summed E-state index contributed by atoms with van der Waals surface area (Å²) in [6.07, 6.45) is 7.06. The summed E-state index contributed by atoms with van der Waals surface area (Å²) in [5, 5.41) is 0. The summed E-state index contributed by atoms with van der Waals surface area (Å²) in [7, 11) is 0. The Balaban J connectivity index is 2.62. The van der Waals surface area contributed by atoms with Crippen molar-refractivity contribution in [3.63, 3.8) is 0 Å². The van der Waals surface area contributed by atoms with E-state index in [-0.39, 0.29) is 0 Å². The summed E-state index contributed by atoms with van der Waals surface area (Å²) < 4.78 is 0. The minimum absolute atomic E-state index is 0.371. The molecule has 12 heavy (non-hydrogen) atoms. The first-order valence-corrected chi connectivity index (χ1v) is 5.05. The van der Waals surface area contributed by atoms with Gasteiger partial charge in [0.15, 0.2) is 0 Å². The van der Waals surface area contributed by atoms with Crippen LogP contribution in [0, 0.1) is 17.8 Å². The van der Waals surface area contributed by atoms with E-state index in [0.29, 0.717) is 12.0 Å². The van der Waals surface area contributed by atoms with Crippen LogP contribution in [0.5, 0.6) is 0 Å². The number of hydrogen-bond acceptors (Lipinski definition) is 1. The lowest BCUT2D eigenvalue weighted by Crippen LogP contribution is -2.29. The average Bonchev–Trinajstić information content (AvgIpc) is 2.07. The summed E-state index contributed by atoms with van der Waals surface area (Å²) in [6.45, 7) is 6.83. The summed E-state index contributed by atoms with van der Waals surface area (Å²) >= 11 is 0. The standard InChI is InChI=1S/C11H21N/c1-8-4-5-10(3)11(12)7-6-9(8)2/h4-5,8-11H,6-7,12H2,1-3H3/b5-4-/t8?,9?,10?,11-/m1/s1. The first-order chi connectivity index (χ1) is 5.61. The van der Waals surface area contributed by atoms with E-state index in [1.807, 2.05) is 0 Å². The highest BCUT2D eigenvalue weighted by atomic mass is 14.6. The molecule has 0 radical (unpaired) electrons. The Hall–Kier alpha value is -0.300. The van der Waals surface area contributed by atoms with Crippen LogP contribution in [0.2, 0.25) is 0 Å². The van der Waals surface area contributed by atoms with E-state index in [4.69, 9.17) is 5.73 Å². The molecule has 3 unspecified atom stereocenters. The molecule has 0 aliphatic heterocycles. The maximum Gasteiger partial charge on any atom is 0.00993 e. The molecule has 0 amide bonds. The molecular weight excluding hydrogens is 146 g/mol. The normalized spacial score (nSPS) is 46.3. The second kappa shape index (κ2) is 4.08. The van der Waals surface area contributed by atoms with Gasteiger partial charge in [0.2, 0.25) is 0 Å².